The number of pyridine rings is 1. The molecule has 4 nitrogen and oxygen atoms in total. The number of hydrogen-bond donors (Lipinski definition) is 3. The van der Waals surface area contributed by atoms with Crippen LogP contribution in [0, 0.1) is 16.0 Å². The molecule has 1 aliphatic carbocycles. The second-order valence-electron chi connectivity index (χ2n) is 3.62. The predicted octanol–water partition coefficient (Wildman–Crippen LogP) is 1.78. The Morgan fingerprint density at radius 2 is 2.00 bits per heavy atom. The molecule has 1 heterocycles. The highest BCUT2D eigenvalue weighted by Gasteiger charge is 2.18. The van der Waals surface area contributed by atoms with Crippen molar-refractivity contribution in [2.24, 2.45) is 5.84 Å². The summed E-state index contributed by atoms with van der Waals surface area (Å²) in [6.07, 6.45) is 4.13. The lowest BCUT2D eigenvalue weighted by Crippen LogP contribution is -2.16. The van der Waals surface area contributed by atoms with E-state index in [2.05, 4.69) is 16.5 Å². The third kappa shape index (κ3) is 1.62. The second-order valence-corrected chi connectivity index (χ2v) is 4.03. The topological polar surface area (TPSA) is 77.6 Å². The van der Waals surface area contributed by atoms with Crippen LogP contribution in [0.15, 0.2) is 0 Å². The normalized spacial score (nSPS) is 14.1. The number of aromatic amines is 1. The van der Waals surface area contributed by atoms with Crippen molar-refractivity contribution in [3.8, 4) is 6.07 Å². The lowest BCUT2D eigenvalue weighted by Gasteiger charge is -2.20. The summed E-state index contributed by atoms with van der Waals surface area (Å²) in [5.74, 6) is 6.18. The van der Waals surface area contributed by atoms with Crippen LogP contribution in [0.3, 0.4) is 0 Å². The van der Waals surface area contributed by atoms with E-state index < -0.39 is 0 Å². The van der Waals surface area contributed by atoms with Crippen molar-refractivity contribution in [2.45, 2.75) is 25.7 Å². The van der Waals surface area contributed by atoms with Gasteiger partial charge in [-0.25, -0.2) is 5.84 Å². The quantitative estimate of drug-likeness (QED) is 0.383. The zero-order valence-corrected chi connectivity index (χ0v) is 9.08. The molecule has 1 aliphatic rings. The van der Waals surface area contributed by atoms with Gasteiger partial charge in [-0.3, -0.25) is 0 Å². The molecule has 78 valence electrons. The van der Waals surface area contributed by atoms with E-state index in [0.29, 0.717) is 10.2 Å². The van der Waals surface area contributed by atoms with Crippen LogP contribution >= 0.6 is 12.2 Å². The van der Waals surface area contributed by atoms with Gasteiger partial charge in [0.05, 0.1) is 5.56 Å². The number of nitrogens with zero attached hydrogens (tertiary/aromatic N) is 1. The van der Waals surface area contributed by atoms with E-state index in [4.69, 9.17) is 23.3 Å². The van der Waals surface area contributed by atoms with Gasteiger partial charge in [0.25, 0.3) is 0 Å². The first-order valence-electron chi connectivity index (χ1n) is 4.92. The molecule has 1 aromatic heterocycles. The number of nitrogens with one attached hydrogen (secondary N) is 2. The molecular weight excluding hydrogens is 208 g/mol. The minimum absolute atomic E-state index is 0.478. The zero-order chi connectivity index (χ0) is 10.8. The van der Waals surface area contributed by atoms with Crippen molar-refractivity contribution in [3.05, 3.63) is 21.3 Å². The lowest BCUT2D eigenvalue weighted by atomic mass is 9.90. The number of rotatable bonds is 1. The fourth-order valence-electron chi connectivity index (χ4n) is 2.09. The fraction of sp³-hybridized carbons (Fsp3) is 0.400. The van der Waals surface area contributed by atoms with Crippen molar-refractivity contribution in [3.63, 3.8) is 0 Å². The smallest absolute Gasteiger partial charge is 0.123 e. The van der Waals surface area contributed by atoms with E-state index in [1.807, 2.05) is 0 Å². The lowest BCUT2D eigenvalue weighted by molar-refractivity contribution is 0.681. The Bertz CT molecular complexity index is 483. The minimum atomic E-state index is 0.478. The molecule has 0 fully saturated rings. The molecule has 5 heteroatoms. The number of nitrogens with two attached hydrogens (primary N) is 1. The van der Waals surface area contributed by atoms with Crippen molar-refractivity contribution in [1.29, 1.82) is 5.26 Å². The van der Waals surface area contributed by atoms with Crippen molar-refractivity contribution in [2.75, 3.05) is 5.43 Å². The summed E-state index contributed by atoms with van der Waals surface area (Å²) >= 11 is 5.12. The summed E-state index contributed by atoms with van der Waals surface area (Å²) in [6.45, 7) is 0. The van der Waals surface area contributed by atoms with Gasteiger partial charge < -0.3 is 10.4 Å². The highest BCUT2D eigenvalue weighted by Crippen LogP contribution is 2.28. The van der Waals surface area contributed by atoms with E-state index >= 15 is 0 Å². The number of hydrogen-bond acceptors (Lipinski definition) is 4. The summed E-state index contributed by atoms with van der Waals surface area (Å²) in [4.78, 5) is 2.96. The predicted molar refractivity (Wildman–Crippen MR) is 60.8 cm³/mol. The van der Waals surface area contributed by atoms with Crippen LogP contribution in [0.5, 0.6) is 0 Å². The molecule has 15 heavy (non-hydrogen) atoms. The van der Waals surface area contributed by atoms with E-state index in [-0.39, 0.29) is 0 Å². The molecule has 4 N–H and O–H groups in total. The first kappa shape index (κ1) is 10.1. The van der Waals surface area contributed by atoms with Gasteiger partial charge in [0.1, 0.15) is 16.5 Å². The van der Waals surface area contributed by atoms with E-state index in [1.165, 1.54) is 0 Å². The Morgan fingerprint density at radius 1 is 1.33 bits per heavy atom. The highest BCUT2D eigenvalue weighted by molar-refractivity contribution is 7.71. The highest BCUT2D eigenvalue weighted by atomic mass is 32.1. The molecule has 0 aliphatic heterocycles. The van der Waals surface area contributed by atoms with E-state index in [1.54, 1.807) is 0 Å². The maximum absolute atomic E-state index is 9.05. The Balaban J connectivity index is 2.72. The summed E-state index contributed by atoms with van der Waals surface area (Å²) in [6, 6.07) is 2.17. The van der Waals surface area contributed by atoms with Crippen molar-refractivity contribution >= 4 is 18.0 Å². The fourth-order valence-corrected chi connectivity index (χ4v) is 2.36. The molecule has 0 radical (unpaired) electrons. The molecule has 2 rings (SSSR count). The maximum Gasteiger partial charge on any atom is 0.123 e. The third-order valence-electron chi connectivity index (χ3n) is 2.79. The van der Waals surface area contributed by atoms with Gasteiger partial charge in [-0.15, -0.1) is 0 Å². The average Bonchev–Trinajstić information content (AvgIpc) is 2.28. The number of nitriles is 1. The molecule has 0 unspecified atom stereocenters. The standard InChI is InChI=1S/C10H12N4S/c11-5-8-6-3-1-2-4-7(6)9(14-12)13-10(8)15/h1-4,12H2,(H2,13,14,15). The molecule has 0 atom stereocenters. The summed E-state index contributed by atoms with van der Waals surface area (Å²) in [5.41, 5.74) is 5.41. The first-order chi connectivity index (χ1) is 7.27. The van der Waals surface area contributed by atoms with Gasteiger partial charge in [0.15, 0.2) is 0 Å². The van der Waals surface area contributed by atoms with Crippen LogP contribution in [0.4, 0.5) is 5.82 Å². The number of fused-ring (bicyclic) bond motifs is 1. The Labute approximate surface area is 93.1 Å². The van der Waals surface area contributed by atoms with Crippen molar-refractivity contribution in [1.82, 2.24) is 4.98 Å². The van der Waals surface area contributed by atoms with Crippen LogP contribution in [-0.4, -0.2) is 4.98 Å². The summed E-state index contributed by atoms with van der Waals surface area (Å²) < 4.78 is 0.478. The number of aromatic nitrogens is 1. The molecule has 0 spiro atoms. The van der Waals surface area contributed by atoms with Gasteiger partial charge in [-0.2, -0.15) is 5.26 Å². The van der Waals surface area contributed by atoms with Crippen LogP contribution in [-0.2, 0) is 12.8 Å². The molecule has 0 bridgehead atoms. The minimum Gasteiger partial charge on any atom is -0.331 e. The van der Waals surface area contributed by atoms with Gasteiger partial charge in [-0.05, 0) is 36.8 Å². The first-order valence-corrected chi connectivity index (χ1v) is 5.33. The number of nitrogen functional groups attached to an aromatic ring is 1. The Hall–Kier alpha value is -1.38. The molecule has 0 amide bonds. The van der Waals surface area contributed by atoms with Crippen molar-refractivity contribution < 1.29 is 0 Å². The van der Waals surface area contributed by atoms with Crippen LogP contribution in [0.1, 0.15) is 29.5 Å². The Kier molecular flexibility index (Phi) is 2.71. The summed E-state index contributed by atoms with van der Waals surface area (Å²) in [7, 11) is 0. The molecule has 1 aromatic rings. The monoisotopic (exact) mass is 220 g/mol. The Morgan fingerprint density at radius 3 is 2.60 bits per heavy atom. The van der Waals surface area contributed by atoms with Gasteiger partial charge >= 0.3 is 0 Å². The number of hydrazine groups is 1. The van der Waals surface area contributed by atoms with Crippen LogP contribution in [0.2, 0.25) is 0 Å². The third-order valence-corrected chi connectivity index (χ3v) is 3.10. The number of H-pyrrole nitrogens is 1. The molecular formula is C10H12N4S. The van der Waals surface area contributed by atoms with Gasteiger partial charge in [0.2, 0.25) is 0 Å². The summed E-state index contributed by atoms with van der Waals surface area (Å²) in [5, 5.41) is 9.05. The van der Waals surface area contributed by atoms with E-state index in [0.717, 1.165) is 42.6 Å². The molecule has 0 saturated carbocycles. The van der Waals surface area contributed by atoms with Gasteiger partial charge in [-0.1, -0.05) is 12.2 Å². The molecule has 0 aromatic carbocycles. The van der Waals surface area contributed by atoms with E-state index in [9.17, 15) is 0 Å². The second kappa shape index (κ2) is 4.01. The van der Waals surface area contributed by atoms with Crippen LogP contribution in [0.25, 0.3) is 0 Å². The molecule has 0 saturated heterocycles. The van der Waals surface area contributed by atoms with Crippen LogP contribution < -0.4 is 11.3 Å². The zero-order valence-electron chi connectivity index (χ0n) is 8.26. The maximum atomic E-state index is 9.05. The average molecular weight is 220 g/mol. The number of anilines is 1. The van der Waals surface area contributed by atoms with Gasteiger partial charge in [0, 0.05) is 0 Å². The SMILES string of the molecule is N#Cc1c2c(c(NN)[nH]c1=S)CCCC2. The largest absolute Gasteiger partial charge is 0.331 e.